The first-order valence-corrected chi connectivity index (χ1v) is 6.95. The third-order valence-electron chi connectivity index (χ3n) is 4.18. The summed E-state index contributed by atoms with van der Waals surface area (Å²) < 4.78 is 1.97. The van der Waals surface area contributed by atoms with Gasteiger partial charge in [0.05, 0.1) is 5.69 Å². The lowest BCUT2D eigenvalue weighted by atomic mass is 10.1. The number of hydrogen-bond donors (Lipinski definition) is 1. The summed E-state index contributed by atoms with van der Waals surface area (Å²) in [4.78, 5) is 2.54. The molecule has 1 atom stereocenters. The van der Waals surface area contributed by atoms with Crippen LogP contribution in [-0.2, 0) is 13.6 Å². The van der Waals surface area contributed by atoms with E-state index >= 15 is 0 Å². The van der Waals surface area contributed by atoms with E-state index in [1.165, 1.54) is 30.8 Å². The lowest BCUT2D eigenvalue weighted by Crippen LogP contribution is -2.35. The highest BCUT2D eigenvalue weighted by molar-refractivity contribution is 5.24. The van der Waals surface area contributed by atoms with Crippen LogP contribution in [0.4, 0.5) is 0 Å². The molecule has 2 heterocycles. The largest absolute Gasteiger partial charge is 0.308 e. The molecule has 0 aliphatic carbocycles. The topological polar surface area (TPSA) is 33.1 Å². The minimum absolute atomic E-state index is 0.631. The Hall–Kier alpha value is -0.870. The summed E-state index contributed by atoms with van der Waals surface area (Å²) >= 11 is 0. The van der Waals surface area contributed by atoms with Crippen LogP contribution < -0.4 is 5.32 Å². The number of likely N-dealkylation sites (tertiary alicyclic amines) is 1. The van der Waals surface area contributed by atoms with Crippen molar-refractivity contribution in [3.63, 3.8) is 0 Å². The minimum atomic E-state index is 0.631. The Morgan fingerprint density at radius 1 is 1.39 bits per heavy atom. The molecule has 0 radical (unpaired) electrons. The van der Waals surface area contributed by atoms with Crippen LogP contribution in [0.15, 0.2) is 0 Å². The second-order valence-electron chi connectivity index (χ2n) is 5.73. The molecule has 0 aromatic carbocycles. The van der Waals surface area contributed by atoms with Crippen molar-refractivity contribution >= 4 is 0 Å². The molecule has 1 fully saturated rings. The van der Waals surface area contributed by atoms with Crippen molar-refractivity contribution in [1.82, 2.24) is 20.0 Å². The monoisotopic (exact) mass is 250 g/mol. The highest BCUT2D eigenvalue weighted by Crippen LogP contribution is 2.15. The van der Waals surface area contributed by atoms with Crippen molar-refractivity contribution in [3.8, 4) is 0 Å². The maximum absolute atomic E-state index is 4.47. The highest BCUT2D eigenvalue weighted by Gasteiger charge is 2.24. The normalized spacial score (nSPS) is 21.1. The van der Waals surface area contributed by atoms with Crippen LogP contribution in [0.1, 0.15) is 37.2 Å². The zero-order chi connectivity index (χ0) is 13.3. The van der Waals surface area contributed by atoms with Gasteiger partial charge in [0.25, 0.3) is 0 Å². The van der Waals surface area contributed by atoms with E-state index in [1.807, 2.05) is 11.7 Å². The standard InChI is InChI=1S/C14H26N4/c1-10(2)18-7-6-13(9-18)15-8-14-11(3)16-17(5)12(14)4/h10,13,15H,6-9H2,1-5H3. The zero-order valence-electron chi connectivity index (χ0n) is 12.3. The fourth-order valence-corrected chi connectivity index (χ4v) is 2.74. The van der Waals surface area contributed by atoms with Gasteiger partial charge in [-0.2, -0.15) is 5.10 Å². The van der Waals surface area contributed by atoms with Crippen LogP contribution in [0.2, 0.25) is 0 Å². The van der Waals surface area contributed by atoms with Crippen molar-refractivity contribution in [1.29, 1.82) is 0 Å². The van der Waals surface area contributed by atoms with E-state index in [9.17, 15) is 0 Å². The molecule has 1 aliphatic rings. The van der Waals surface area contributed by atoms with Gasteiger partial charge in [0.1, 0.15) is 0 Å². The number of nitrogens with one attached hydrogen (secondary N) is 1. The molecule has 4 heteroatoms. The molecule has 4 nitrogen and oxygen atoms in total. The average Bonchev–Trinajstić information content (AvgIpc) is 2.85. The van der Waals surface area contributed by atoms with Gasteiger partial charge in [0, 0.05) is 43.5 Å². The number of aromatic nitrogens is 2. The van der Waals surface area contributed by atoms with Gasteiger partial charge in [0.15, 0.2) is 0 Å². The quantitative estimate of drug-likeness (QED) is 0.881. The molecular formula is C14H26N4. The number of hydrogen-bond acceptors (Lipinski definition) is 3. The van der Waals surface area contributed by atoms with E-state index in [0.29, 0.717) is 12.1 Å². The van der Waals surface area contributed by atoms with Crippen molar-refractivity contribution in [2.75, 3.05) is 13.1 Å². The molecule has 1 unspecified atom stereocenters. The van der Waals surface area contributed by atoms with E-state index < -0.39 is 0 Å². The van der Waals surface area contributed by atoms with Crippen molar-refractivity contribution in [2.24, 2.45) is 7.05 Å². The molecule has 0 bridgehead atoms. The molecule has 18 heavy (non-hydrogen) atoms. The Morgan fingerprint density at radius 3 is 2.61 bits per heavy atom. The van der Waals surface area contributed by atoms with E-state index in [0.717, 1.165) is 12.2 Å². The van der Waals surface area contributed by atoms with E-state index in [4.69, 9.17) is 0 Å². The maximum atomic E-state index is 4.47. The Labute approximate surface area is 110 Å². The lowest BCUT2D eigenvalue weighted by Gasteiger charge is -2.20. The second kappa shape index (κ2) is 5.41. The lowest BCUT2D eigenvalue weighted by molar-refractivity contribution is 0.268. The SMILES string of the molecule is Cc1nn(C)c(C)c1CNC1CCN(C(C)C)C1. The third kappa shape index (κ3) is 2.75. The van der Waals surface area contributed by atoms with Gasteiger partial charge in [-0.1, -0.05) is 0 Å². The molecule has 1 aromatic rings. The molecule has 0 spiro atoms. The molecule has 1 N–H and O–H groups in total. The van der Waals surface area contributed by atoms with Gasteiger partial charge in [-0.25, -0.2) is 0 Å². The summed E-state index contributed by atoms with van der Waals surface area (Å²) in [5.74, 6) is 0. The Bertz CT molecular complexity index is 408. The van der Waals surface area contributed by atoms with E-state index in [-0.39, 0.29) is 0 Å². The van der Waals surface area contributed by atoms with Crippen LogP contribution in [0.3, 0.4) is 0 Å². The number of rotatable bonds is 4. The summed E-state index contributed by atoms with van der Waals surface area (Å²) in [6.07, 6.45) is 1.26. The summed E-state index contributed by atoms with van der Waals surface area (Å²) in [6.45, 7) is 12.1. The van der Waals surface area contributed by atoms with Crippen LogP contribution in [0.25, 0.3) is 0 Å². The fourth-order valence-electron chi connectivity index (χ4n) is 2.74. The van der Waals surface area contributed by atoms with Gasteiger partial charge in [-0.3, -0.25) is 9.58 Å². The molecular weight excluding hydrogens is 224 g/mol. The predicted molar refractivity (Wildman–Crippen MR) is 74.6 cm³/mol. The van der Waals surface area contributed by atoms with Crippen LogP contribution in [0, 0.1) is 13.8 Å². The highest BCUT2D eigenvalue weighted by atomic mass is 15.3. The molecule has 0 amide bonds. The van der Waals surface area contributed by atoms with Crippen LogP contribution >= 0.6 is 0 Å². The van der Waals surface area contributed by atoms with Gasteiger partial charge in [-0.05, 0) is 40.7 Å². The van der Waals surface area contributed by atoms with Gasteiger partial charge in [0.2, 0.25) is 0 Å². The Morgan fingerprint density at radius 2 is 2.11 bits per heavy atom. The molecule has 1 aliphatic heterocycles. The van der Waals surface area contributed by atoms with Crippen molar-refractivity contribution in [3.05, 3.63) is 17.0 Å². The molecule has 1 aromatic heterocycles. The fraction of sp³-hybridized carbons (Fsp3) is 0.786. The summed E-state index contributed by atoms with van der Waals surface area (Å²) in [6, 6.07) is 1.30. The third-order valence-corrected chi connectivity index (χ3v) is 4.18. The molecule has 1 saturated heterocycles. The number of aryl methyl sites for hydroxylation is 2. The van der Waals surface area contributed by atoms with Crippen LogP contribution in [-0.4, -0.2) is 39.9 Å². The Kier molecular flexibility index (Phi) is 4.07. The number of nitrogens with zero attached hydrogens (tertiary/aromatic N) is 3. The first-order chi connectivity index (χ1) is 8.49. The Balaban J connectivity index is 1.89. The summed E-state index contributed by atoms with van der Waals surface area (Å²) in [5.41, 5.74) is 3.79. The van der Waals surface area contributed by atoms with E-state index in [2.05, 4.69) is 43.0 Å². The van der Waals surface area contributed by atoms with Gasteiger partial charge < -0.3 is 5.32 Å². The molecule has 102 valence electrons. The second-order valence-corrected chi connectivity index (χ2v) is 5.73. The minimum Gasteiger partial charge on any atom is -0.308 e. The van der Waals surface area contributed by atoms with Gasteiger partial charge in [-0.15, -0.1) is 0 Å². The smallest absolute Gasteiger partial charge is 0.0641 e. The molecule has 0 saturated carbocycles. The van der Waals surface area contributed by atoms with E-state index in [1.54, 1.807) is 0 Å². The molecule has 2 rings (SSSR count). The predicted octanol–water partition coefficient (Wildman–Crippen LogP) is 1.61. The average molecular weight is 250 g/mol. The summed E-state index contributed by atoms with van der Waals surface area (Å²) in [5, 5.41) is 8.15. The maximum Gasteiger partial charge on any atom is 0.0641 e. The van der Waals surface area contributed by atoms with Crippen molar-refractivity contribution in [2.45, 2.75) is 52.7 Å². The first kappa shape index (κ1) is 13.6. The first-order valence-electron chi connectivity index (χ1n) is 6.95. The summed E-state index contributed by atoms with van der Waals surface area (Å²) in [7, 11) is 2.02. The zero-order valence-corrected chi connectivity index (χ0v) is 12.3. The van der Waals surface area contributed by atoms with Crippen LogP contribution in [0.5, 0.6) is 0 Å². The van der Waals surface area contributed by atoms with Crippen molar-refractivity contribution < 1.29 is 0 Å². The van der Waals surface area contributed by atoms with Gasteiger partial charge >= 0.3 is 0 Å².